The van der Waals surface area contributed by atoms with Gasteiger partial charge in [-0.15, -0.1) is 22.7 Å². The Kier molecular flexibility index (Phi) is 15.7. The molecule has 6 aliphatic rings. The summed E-state index contributed by atoms with van der Waals surface area (Å²) in [6, 6.07) is 13.1. The zero-order valence-corrected chi connectivity index (χ0v) is 41.4. The van der Waals surface area contributed by atoms with Crippen molar-refractivity contribution in [3.05, 3.63) is 92.7 Å². The summed E-state index contributed by atoms with van der Waals surface area (Å²) in [4.78, 5) is 52.5. The number of piperazine rings is 2. The molecule has 372 valence electrons. The molecule has 4 aromatic heterocycles. The standard InChI is InChI=1S/C26H29N5O3S.C24H27N5OS.C2H4O3/c32-16-22(33)30-9-7-29(8-10-30)15-19-17-35-25-23(19)27-26(31-11-13-34-14-12-31)28-24(25)21-6-2-4-18-3-1-5-20(18)21;1-3-17-4-2-6-20(19(17)5-1)22-23-21(26-24(27-22)29-11-13-30-14-12-29)18(16-31-23)15-28-9-7-25-8-10-28;3-1-2(4)5/h1-2,4-6,17,32H,3,7-16H2;1-2,4-6,16,25H,3,7-15H2;3H,1H2,(H,4,5). The van der Waals surface area contributed by atoms with Crippen LogP contribution in [0.25, 0.3) is 55.1 Å². The van der Waals surface area contributed by atoms with E-state index in [4.69, 9.17) is 49.5 Å². The predicted molar refractivity (Wildman–Crippen MR) is 279 cm³/mol. The first kappa shape index (κ1) is 48.9. The summed E-state index contributed by atoms with van der Waals surface area (Å²) in [7, 11) is 0. The van der Waals surface area contributed by atoms with E-state index in [1.807, 2.05) is 0 Å². The van der Waals surface area contributed by atoms with Gasteiger partial charge in [0.15, 0.2) is 0 Å². The first-order valence-corrected chi connectivity index (χ1v) is 26.3. The molecule has 0 spiro atoms. The first-order valence-electron chi connectivity index (χ1n) is 24.5. The zero-order chi connectivity index (χ0) is 48.7. The minimum absolute atomic E-state index is 0.192. The number of allylic oxidation sites excluding steroid dienone is 2. The average molecular weight is 1000 g/mol. The van der Waals surface area contributed by atoms with E-state index in [1.54, 1.807) is 27.6 Å². The molecule has 4 N–H and O–H groups in total. The number of ether oxygens (including phenoxy) is 2. The van der Waals surface area contributed by atoms with Crippen LogP contribution >= 0.6 is 22.7 Å². The number of hydrogen-bond acceptors (Lipinski definition) is 17. The maximum atomic E-state index is 11.8. The third-order valence-electron chi connectivity index (χ3n) is 13.7. The van der Waals surface area contributed by atoms with Gasteiger partial charge in [-0.3, -0.25) is 14.6 Å². The number of morpholine rings is 2. The van der Waals surface area contributed by atoms with Crippen LogP contribution in [-0.4, -0.2) is 180 Å². The molecular weight excluding hydrogens is 941 g/mol. The predicted octanol–water partition coefficient (Wildman–Crippen LogP) is 4.63. The van der Waals surface area contributed by atoms with E-state index < -0.39 is 19.2 Å². The SMILES string of the molecule is C1=Cc2c(cccc2-c2nc(N3CCOCC3)nc3c(CN4CCNCC4)csc23)C1.O=C(CO)N1CCN(Cc2csc3c(-c4cccc5c4C=CC5)nc(N4CCOCC4)nc23)CC1.O=C(O)CO. The number of nitrogens with one attached hydrogen (secondary N) is 1. The van der Waals surface area contributed by atoms with E-state index in [-0.39, 0.29) is 5.91 Å². The van der Waals surface area contributed by atoms with Gasteiger partial charge in [-0.1, -0.05) is 60.7 Å². The molecule has 6 aromatic rings. The second kappa shape index (κ2) is 22.8. The topological polar surface area (TPSA) is 193 Å². The fourth-order valence-electron chi connectivity index (χ4n) is 9.91. The van der Waals surface area contributed by atoms with E-state index in [0.29, 0.717) is 26.3 Å². The summed E-state index contributed by atoms with van der Waals surface area (Å²) in [5, 5.41) is 32.1. The smallest absolute Gasteiger partial charge is 0.329 e. The Bertz CT molecular complexity index is 2920. The third-order valence-corrected chi connectivity index (χ3v) is 15.7. The molecule has 19 heteroatoms. The van der Waals surface area contributed by atoms with Crippen molar-refractivity contribution in [1.29, 1.82) is 0 Å². The van der Waals surface area contributed by atoms with Gasteiger partial charge >= 0.3 is 5.97 Å². The molecule has 4 aliphatic heterocycles. The number of aliphatic hydroxyl groups is 2. The Labute approximate surface area is 420 Å². The highest BCUT2D eigenvalue weighted by molar-refractivity contribution is 7.18. The second-order valence-corrected chi connectivity index (χ2v) is 19.9. The van der Waals surface area contributed by atoms with Gasteiger partial charge in [0.25, 0.3) is 0 Å². The number of nitrogens with zero attached hydrogens (tertiary/aromatic N) is 9. The van der Waals surface area contributed by atoms with Crippen molar-refractivity contribution in [3.63, 3.8) is 0 Å². The van der Waals surface area contributed by atoms with Crippen molar-refractivity contribution in [2.45, 2.75) is 25.9 Å². The Morgan fingerprint density at radius 1 is 0.606 bits per heavy atom. The number of benzene rings is 2. The molecule has 0 unspecified atom stereocenters. The lowest BCUT2D eigenvalue weighted by Crippen LogP contribution is -2.49. The highest BCUT2D eigenvalue weighted by atomic mass is 32.1. The van der Waals surface area contributed by atoms with Crippen LogP contribution in [-0.2, 0) is 45.0 Å². The largest absolute Gasteiger partial charge is 0.480 e. The fraction of sp³-hybridized carbons (Fsp3) is 0.423. The summed E-state index contributed by atoms with van der Waals surface area (Å²) >= 11 is 3.51. The van der Waals surface area contributed by atoms with Crippen molar-refractivity contribution in [1.82, 2.24) is 40.0 Å². The van der Waals surface area contributed by atoms with Crippen molar-refractivity contribution in [2.24, 2.45) is 0 Å². The molecule has 4 saturated heterocycles. The molecule has 0 saturated carbocycles. The maximum Gasteiger partial charge on any atom is 0.329 e. The normalized spacial score (nSPS) is 18.0. The van der Waals surface area contributed by atoms with Gasteiger partial charge < -0.3 is 44.8 Å². The number of aliphatic carboxylic acids is 1. The van der Waals surface area contributed by atoms with Crippen LogP contribution in [0.2, 0.25) is 0 Å². The maximum absolute atomic E-state index is 11.8. The Morgan fingerprint density at radius 2 is 1.07 bits per heavy atom. The molecule has 8 heterocycles. The van der Waals surface area contributed by atoms with Gasteiger partial charge in [-0.05, 0) is 45.9 Å². The number of anilines is 2. The average Bonchev–Trinajstić information content (AvgIpc) is 4.27. The summed E-state index contributed by atoms with van der Waals surface area (Å²) in [6.45, 7) is 13.8. The van der Waals surface area contributed by atoms with Crippen molar-refractivity contribution < 1.29 is 34.4 Å². The lowest BCUT2D eigenvalue weighted by molar-refractivity contribution is -0.140. The Balaban J connectivity index is 0.000000151. The van der Waals surface area contributed by atoms with Crippen molar-refractivity contribution in [2.75, 3.05) is 128 Å². The number of carbonyl (C=O) groups excluding carboxylic acids is 1. The molecule has 2 aliphatic carbocycles. The van der Waals surface area contributed by atoms with E-state index in [9.17, 15) is 4.79 Å². The summed E-state index contributed by atoms with van der Waals surface area (Å²) in [5.74, 6) is 0.228. The van der Waals surface area contributed by atoms with Gasteiger partial charge in [0.2, 0.25) is 17.8 Å². The number of thiophene rings is 2. The van der Waals surface area contributed by atoms with Gasteiger partial charge in [-0.2, -0.15) is 0 Å². The minimum atomic E-state index is -1.19. The number of carboxylic acid groups (broad SMARTS) is 1. The summed E-state index contributed by atoms with van der Waals surface area (Å²) in [5.41, 5.74) is 14.4. The molecule has 1 amide bonds. The van der Waals surface area contributed by atoms with E-state index in [0.717, 1.165) is 144 Å². The lowest BCUT2D eigenvalue weighted by Gasteiger charge is -2.34. The third kappa shape index (κ3) is 11.0. The number of hydrogen-bond donors (Lipinski definition) is 4. The molecule has 71 heavy (non-hydrogen) atoms. The molecule has 0 atom stereocenters. The monoisotopic (exact) mass is 1000 g/mol. The van der Waals surface area contributed by atoms with Gasteiger partial charge in [0.05, 0.1) is 58.2 Å². The molecule has 17 nitrogen and oxygen atoms in total. The molecular formula is C52H60N10O7S2. The molecule has 2 aromatic carbocycles. The summed E-state index contributed by atoms with van der Waals surface area (Å²) in [6.07, 6.45) is 10.9. The van der Waals surface area contributed by atoms with Crippen LogP contribution in [0.3, 0.4) is 0 Å². The Hall–Kier alpha value is -5.74. The van der Waals surface area contributed by atoms with Crippen LogP contribution in [0.5, 0.6) is 0 Å². The molecule has 12 rings (SSSR count). The number of aliphatic hydroxyl groups excluding tert-OH is 2. The molecule has 0 bridgehead atoms. The zero-order valence-electron chi connectivity index (χ0n) is 39.8. The molecule has 4 fully saturated rings. The van der Waals surface area contributed by atoms with Gasteiger partial charge in [0.1, 0.15) is 13.2 Å². The minimum Gasteiger partial charge on any atom is -0.480 e. The van der Waals surface area contributed by atoms with E-state index >= 15 is 0 Å². The number of rotatable bonds is 10. The number of carbonyl (C=O) groups is 2. The quantitative estimate of drug-likeness (QED) is 0.148. The number of amides is 1. The fourth-order valence-corrected chi connectivity index (χ4v) is 11.9. The van der Waals surface area contributed by atoms with Crippen LogP contribution in [0.1, 0.15) is 33.4 Å². The second-order valence-electron chi connectivity index (χ2n) is 18.2. The lowest BCUT2D eigenvalue weighted by atomic mass is 10.0. The molecule has 0 radical (unpaired) electrons. The van der Waals surface area contributed by atoms with Crippen LogP contribution < -0.4 is 15.1 Å². The summed E-state index contributed by atoms with van der Waals surface area (Å²) < 4.78 is 13.5. The number of aromatic nitrogens is 4. The van der Waals surface area contributed by atoms with Crippen LogP contribution in [0.4, 0.5) is 11.9 Å². The first-order chi connectivity index (χ1) is 34.8. The Morgan fingerprint density at radius 3 is 1.52 bits per heavy atom. The van der Waals surface area contributed by atoms with Crippen LogP contribution in [0, 0.1) is 0 Å². The van der Waals surface area contributed by atoms with E-state index in [2.05, 4.69) is 96.4 Å². The van der Waals surface area contributed by atoms with Crippen molar-refractivity contribution in [3.8, 4) is 22.5 Å². The van der Waals surface area contributed by atoms with E-state index in [1.165, 1.54) is 49.2 Å². The van der Waals surface area contributed by atoms with Crippen molar-refractivity contribution >= 4 is 79.0 Å². The van der Waals surface area contributed by atoms with Crippen LogP contribution in [0.15, 0.2) is 59.3 Å². The van der Waals surface area contributed by atoms with Gasteiger partial charge in [-0.25, -0.2) is 24.7 Å². The highest BCUT2D eigenvalue weighted by Crippen LogP contribution is 2.41. The number of carboxylic acids is 1. The van der Waals surface area contributed by atoms with Gasteiger partial charge in [0, 0.05) is 114 Å². The number of fused-ring (bicyclic) bond motifs is 4. The highest BCUT2D eigenvalue weighted by Gasteiger charge is 2.27.